The molecule has 0 radical (unpaired) electrons. The molecule has 1 aromatic rings. The number of carbonyl (C=O) groups excluding carboxylic acids is 1. The number of Topliss-reactive ketones (excluding diaryl/α,β-unsaturated/α-hetero) is 1. The minimum atomic E-state index is -0.816. The van der Waals surface area contributed by atoms with Crippen LogP contribution in [0.4, 0.5) is 0 Å². The lowest BCUT2D eigenvalue weighted by molar-refractivity contribution is -0.182. The lowest BCUT2D eigenvalue weighted by Gasteiger charge is -2.60. The van der Waals surface area contributed by atoms with E-state index in [0.29, 0.717) is 31.0 Å². The first-order valence-electron chi connectivity index (χ1n) is 10.6. The van der Waals surface area contributed by atoms with Crippen LogP contribution in [0.3, 0.4) is 0 Å². The van der Waals surface area contributed by atoms with Crippen LogP contribution in [0.2, 0.25) is 0 Å². The minimum absolute atomic E-state index is 0.0482. The van der Waals surface area contributed by atoms with Gasteiger partial charge in [0.1, 0.15) is 23.0 Å². The molecule has 3 aliphatic rings. The van der Waals surface area contributed by atoms with Crippen molar-refractivity contribution >= 4 is 11.9 Å². The highest BCUT2D eigenvalue weighted by atomic mass is 16.5. The Morgan fingerprint density at radius 2 is 1.97 bits per heavy atom. The third-order valence-electron chi connectivity index (χ3n) is 7.85. The molecule has 1 N–H and O–H groups in total. The van der Waals surface area contributed by atoms with Gasteiger partial charge in [-0.1, -0.05) is 27.4 Å². The van der Waals surface area contributed by atoms with Crippen molar-refractivity contribution in [3.8, 4) is 11.5 Å². The molecule has 1 aromatic carbocycles. The van der Waals surface area contributed by atoms with Crippen molar-refractivity contribution in [2.75, 3.05) is 6.61 Å². The summed E-state index contributed by atoms with van der Waals surface area (Å²) < 4.78 is 11.9. The van der Waals surface area contributed by atoms with Gasteiger partial charge in [0.05, 0.1) is 12.2 Å². The molecule has 4 atom stereocenters. The molecule has 0 amide bonds. The molecule has 0 saturated heterocycles. The summed E-state index contributed by atoms with van der Waals surface area (Å²) in [6.45, 7) is 12.6. The smallest absolute Gasteiger partial charge is 0.138 e. The first-order valence-corrected chi connectivity index (χ1v) is 10.6. The first-order chi connectivity index (χ1) is 13.5. The fraction of sp³-hybridized carbons (Fsp3) is 0.560. The average molecular weight is 397 g/mol. The summed E-state index contributed by atoms with van der Waals surface area (Å²) in [6.07, 6.45) is 6.77. The predicted octanol–water partition coefficient (Wildman–Crippen LogP) is 5.16. The van der Waals surface area contributed by atoms with E-state index in [2.05, 4.69) is 27.4 Å². The Morgan fingerprint density at radius 3 is 2.72 bits per heavy atom. The monoisotopic (exact) mass is 396 g/mol. The SMILES string of the molecule is C=C1C=Cc2ccc(OCC3C(C)(O)CCC4C(C)(C)C(=O)CCC34C)cc2O1. The molecular formula is C25H32O4. The summed E-state index contributed by atoms with van der Waals surface area (Å²) in [4.78, 5) is 12.6. The maximum Gasteiger partial charge on any atom is 0.138 e. The molecule has 29 heavy (non-hydrogen) atoms. The largest absolute Gasteiger partial charge is 0.493 e. The van der Waals surface area contributed by atoms with Crippen LogP contribution >= 0.6 is 0 Å². The number of ether oxygens (including phenoxy) is 2. The van der Waals surface area contributed by atoms with E-state index < -0.39 is 5.60 Å². The standard InChI is InChI=1S/C25H32O4/c1-16-6-7-17-8-9-18(14-19(17)29-16)28-15-21-24(4)12-11-22(26)23(2,3)20(24)10-13-25(21,5)27/h6-9,14,20-21,27H,1,10-13,15H2,2-5H3. The van der Waals surface area contributed by atoms with Crippen molar-refractivity contribution in [2.24, 2.45) is 22.7 Å². The molecule has 1 aliphatic heterocycles. The number of allylic oxidation sites excluding steroid dienone is 1. The molecule has 2 saturated carbocycles. The van der Waals surface area contributed by atoms with Crippen molar-refractivity contribution in [2.45, 2.75) is 59.0 Å². The topological polar surface area (TPSA) is 55.8 Å². The Labute approximate surface area is 173 Å². The van der Waals surface area contributed by atoms with Crippen molar-refractivity contribution in [1.82, 2.24) is 0 Å². The molecule has 2 aliphatic carbocycles. The zero-order valence-electron chi connectivity index (χ0n) is 18.0. The molecule has 0 bridgehead atoms. The quantitative estimate of drug-likeness (QED) is 0.767. The highest BCUT2D eigenvalue weighted by molar-refractivity contribution is 5.85. The number of benzene rings is 1. The first kappa shape index (κ1) is 20.2. The Hall–Kier alpha value is -2.07. The third kappa shape index (κ3) is 3.31. The second kappa shape index (κ2) is 6.73. The van der Waals surface area contributed by atoms with Crippen LogP contribution in [0.1, 0.15) is 58.9 Å². The van der Waals surface area contributed by atoms with Gasteiger partial charge in [-0.15, -0.1) is 0 Å². The Kier molecular flexibility index (Phi) is 4.69. The number of hydrogen-bond acceptors (Lipinski definition) is 4. The maximum atomic E-state index is 12.6. The van der Waals surface area contributed by atoms with E-state index in [0.717, 1.165) is 29.9 Å². The lowest BCUT2D eigenvalue weighted by Crippen LogP contribution is -2.61. The van der Waals surface area contributed by atoms with Crippen molar-refractivity contribution in [1.29, 1.82) is 0 Å². The van der Waals surface area contributed by atoms with Gasteiger partial charge < -0.3 is 14.6 Å². The van der Waals surface area contributed by atoms with Gasteiger partial charge in [0.25, 0.3) is 0 Å². The second-order valence-electron chi connectivity index (χ2n) is 10.1. The summed E-state index contributed by atoms with van der Waals surface area (Å²) in [7, 11) is 0. The van der Waals surface area contributed by atoms with Gasteiger partial charge >= 0.3 is 0 Å². The molecule has 156 valence electrons. The zero-order chi connectivity index (χ0) is 21.0. The summed E-state index contributed by atoms with van der Waals surface area (Å²) in [5, 5.41) is 11.3. The van der Waals surface area contributed by atoms with E-state index in [-0.39, 0.29) is 22.7 Å². The van der Waals surface area contributed by atoms with Crippen molar-refractivity contribution in [3.05, 3.63) is 42.2 Å². The lowest BCUT2D eigenvalue weighted by atomic mass is 9.45. The van der Waals surface area contributed by atoms with Gasteiger partial charge in [0, 0.05) is 29.4 Å². The Balaban J connectivity index is 1.58. The van der Waals surface area contributed by atoms with Gasteiger partial charge in [-0.2, -0.15) is 0 Å². The molecule has 1 heterocycles. The number of ketones is 1. The fourth-order valence-electron chi connectivity index (χ4n) is 6.06. The molecule has 2 fully saturated rings. The van der Waals surface area contributed by atoms with Gasteiger partial charge in [0.2, 0.25) is 0 Å². The summed E-state index contributed by atoms with van der Waals surface area (Å²) in [5.74, 6) is 2.62. The molecule has 0 spiro atoms. The highest BCUT2D eigenvalue weighted by Gasteiger charge is 2.60. The number of rotatable bonds is 3. The molecule has 4 heteroatoms. The maximum absolute atomic E-state index is 12.6. The highest BCUT2D eigenvalue weighted by Crippen LogP contribution is 2.61. The van der Waals surface area contributed by atoms with Crippen molar-refractivity contribution in [3.63, 3.8) is 0 Å². The van der Waals surface area contributed by atoms with E-state index in [1.807, 2.05) is 37.3 Å². The third-order valence-corrected chi connectivity index (χ3v) is 7.85. The van der Waals surface area contributed by atoms with Gasteiger partial charge in [0.15, 0.2) is 0 Å². The second-order valence-corrected chi connectivity index (χ2v) is 10.1. The van der Waals surface area contributed by atoms with Crippen LogP contribution in [0, 0.1) is 22.7 Å². The van der Waals surface area contributed by atoms with Crippen LogP contribution in [0.25, 0.3) is 6.08 Å². The van der Waals surface area contributed by atoms with Gasteiger partial charge in [-0.05, 0) is 61.8 Å². The molecule has 4 rings (SSSR count). The van der Waals surface area contributed by atoms with Gasteiger partial charge in [-0.25, -0.2) is 0 Å². The molecular weight excluding hydrogens is 364 g/mol. The summed E-state index contributed by atoms with van der Waals surface area (Å²) >= 11 is 0. The van der Waals surface area contributed by atoms with Gasteiger partial charge in [-0.3, -0.25) is 4.79 Å². The van der Waals surface area contributed by atoms with E-state index in [1.54, 1.807) is 0 Å². The van der Waals surface area contributed by atoms with Crippen LogP contribution in [-0.4, -0.2) is 23.1 Å². The van der Waals surface area contributed by atoms with E-state index in [1.165, 1.54) is 0 Å². The number of aliphatic hydroxyl groups is 1. The molecule has 4 unspecified atom stereocenters. The van der Waals surface area contributed by atoms with E-state index >= 15 is 0 Å². The molecule has 0 aromatic heterocycles. The average Bonchev–Trinajstić information content (AvgIpc) is 2.64. The van der Waals surface area contributed by atoms with Crippen LogP contribution in [-0.2, 0) is 4.79 Å². The summed E-state index contributed by atoms with van der Waals surface area (Å²) in [5.41, 5.74) is -0.313. The minimum Gasteiger partial charge on any atom is -0.493 e. The number of hydrogen-bond donors (Lipinski definition) is 1. The Morgan fingerprint density at radius 1 is 1.21 bits per heavy atom. The number of fused-ring (bicyclic) bond motifs is 2. The summed E-state index contributed by atoms with van der Waals surface area (Å²) in [6, 6.07) is 5.79. The van der Waals surface area contributed by atoms with Crippen LogP contribution < -0.4 is 9.47 Å². The Bertz CT molecular complexity index is 879. The van der Waals surface area contributed by atoms with E-state index in [4.69, 9.17) is 9.47 Å². The fourth-order valence-corrected chi connectivity index (χ4v) is 6.06. The van der Waals surface area contributed by atoms with E-state index in [9.17, 15) is 9.90 Å². The van der Waals surface area contributed by atoms with Crippen molar-refractivity contribution < 1.29 is 19.4 Å². The van der Waals surface area contributed by atoms with Crippen LogP contribution in [0.5, 0.6) is 11.5 Å². The predicted molar refractivity (Wildman–Crippen MR) is 114 cm³/mol. The normalized spacial score (nSPS) is 35.5. The van der Waals surface area contributed by atoms with Crippen LogP contribution in [0.15, 0.2) is 36.6 Å². The number of carbonyl (C=O) groups is 1. The zero-order valence-corrected chi connectivity index (χ0v) is 18.0. The molecule has 4 nitrogen and oxygen atoms in total.